The molecule has 11 nitrogen and oxygen atoms in total. The highest BCUT2D eigenvalue weighted by Crippen LogP contribution is 2.88. The summed E-state index contributed by atoms with van der Waals surface area (Å²) in [6, 6.07) is 3.04. The lowest BCUT2D eigenvalue weighted by molar-refractivity contribution is -0.374. The molecule has 10 atom stereocenters. The molecule has 3 aliphatic heterocycles. The van der Waals surface area contributed by atoms with Gasteiger partial charge in [0.2, 0.25) is 11.6 Å². The Morgan fingerprint density at radius 2 is 1.86 bits per heavy atom. The third-order valence-corrected chi connectivity index (χ3v) is 11.0. The molecule has 7 N–H and O–H groups in total. The van der Waals surface area contributed by atoms with E-state index < -0.39 is 74.6 Å². The molecule has 198 valence electrons. The van der Waals surface area contributed by atoms with E-state index in [-0.39, 0.29) is 25.0 Å². The van der Waals surface area contributed by atoms with Crippen LogP contribution in [0.25, 0.3) is 0 Å². The van der Waals surface area contributed by atoms with Crippen molar-refractivity contribution in [3.05, 3.63) is 24.0 Å². The number of hydrogen-bond donors (Lipinski definition) is 7. The summed E-state index contributed by atoms with van der Waals surface area (Å²) < 4.78 is 12.0. The van der Waals surface area contributed by atoms with Crippen molar-refractivity contribution in [2.75, 3.05) is 0 Å². The maximum absolute atomic E-state index is 13.2. The number of carbonyl (C=O) groups excluding carboxylic acids is 2. The van der Waals surface area contributed by atoms with Crippen molar-refractivity contribution in [3.63, 3.8) is 0 Å². The number of aliphatic hydroxyl groups is 5. The zero-order valence-electron chi connectivity index (χ0n) is 21.0. The van der Waals surface area contributed by atoms with Crippen molar-refractivity contribution in [1.82, 2.24) is 10.3 Å². The van der Waals surface area contributed by atoms with Gasteiger partial charge in [0.1, 0.15) is 22.5 Å². The van der Waals surface area contributed by atoms with E-state index >= 15 is 0 Å². The molecule has 0 unspecified atom stereocenters. The van der Waals surface area contributed by atoms with Crippen LogP contribution in [0.4, 0.5) is 0 Å². The Kier molecular flexibility index (Phi) is 4.16. The molecule has 1 aromatic heterocycles. The van der Waals surface area contributed by atoms with E-state index in [4.69, 9.17) is 9.47 Å². The van der Waals surface area contributed by atoms with E-state index in [1.807, 2.05) is 0 Å². The Morgan fingerprint density at radius 3 is 2.44 bits per heavy atom. The summed E-state index contributed by atoms with van der Waals surface area (Å²) in [5.74, 6) is -5.08. The lowest BCUT2D eigenvalue weighted by Gasteiger charge is -2.58. The number of hydrogen-bond acceptors (Lipinski definition) is 9. The van der Waals surface area contributed by atoms with Gasteiger partial charge in [0, 0.05) is 24.0 Å². The van der Waals surface area contributed by atoms with Crippen molar-refractivity contribution >= 4 is 11.9 Å². The van der Waals surface area contributed by atoms with Crippen LogP contribution in [-0.2, 0) is 14.3 Å². The van der Waals surface area contributed by atoms with Crippen LogP contribution in [0.1, 0.15) is 64.4 Å². The first-order chi connectivity index (χ1) is 16.5. The first-order valence-corrected chi connectivity index (χ1v) is 12.5. The van der Waals surface area contributed by atoms with Gasteiger partial charge in [-0.15, -0.1) is 0 Å². The molecular formula is C25H34N2O9. The van der Waals surface area contributed by atoms with Gasteiger partial charge >= 0.3 is 5.97 Å². The number of amides is 1. The maximum Gasteiger partial charge on any atom is 0.355 e. The fourth-order valence-corrected chi connectivity index (χ4v) is 9.04. The second-order valence-electron chi connectivity index (χ2n) is 12.3. The summed E-state index contributed by atoms with van der Waals surface area (Å²) in [7, 11) is 0. The van der Waals surface area contributed by atoms with Gasteiger partial charge in [-0.1, -0.05) is 27.7 Å². The summed E-state index contributed by atoms with van der Waals surface area (Å²) in [6.07, 6.45) is -0.525. The SMILES string of the molecule is CC(C)[C@@]1(O)[C@@H](OC(=O)c2ccc[nH]2)[C@]2(O)[C@@]3(C)C[C@]4(O)O[C@@]5(NC(=O)[C@@H](C)CC[C@]35O)[C@@]2(O)[C@@]14C. The highest BCUT2D eigenvalue weighted by atomic mass is 16.7. The number of ether oxygens (including phenoxy) is 2. The van der Waals surface area contributed by atoms with Crippen molar-refractivity contribution in [2.45, 2.75) is 93.9 Å². The number of aromatic nitrogens is 1. The van der Waals surface area contributed by atoms with Crippen LogP contribution in [0.15, 0.2) is 18.3 Å². The lowest BCUT2D eigenvalue weighted by atomic mass is 9.52. The van der Waals surface area contributed by atoms with E-state index in [1.165, 1.54) is 26.1 Å². The van der Waals surface area contributed by atoms with Crippen LogP contribution in [-0.4, -0.2) is 82.4 Å². The molecule has 6 fully saturated rings. The molecule has 6 aliphatic rings. The number of nitrogens with one attached hydrogen (secondary N) is 2. The Hall–Kier alpha value is -2.02. The van der Waals surface area contributed by atoms with Crippen molar-refractivity contribution in [3.8, 4) is 0 Å². The molecule has 7 rings (SSSR count). The minimum Gasteiger partial charge on any atom is -0.451 e. The smallest absolute Gasteiger partial charge is 0.355 e. The number of H-pyrrole nitrogens is 1. The second kappa shape index (κ2) is 6.16. The number of rotatable bonds is 3. The molecule has 3 aliphatic carbocycles. The monoisotopic (exact) mass is 506 g/mol. The molecule has 11 heteroatoms. The molecule has 6 bridgehead atoms. The summed E-state index contributed by atoms with van der Waals surface area (Å²) in [5, 5.41) is 65.1. The van der Waals surface area contributed by atoms with Gasteiger partial charge in [0.15, 0.2) is 17.5 Å². The molecule has 3 saturated carbocycles. The average molecular weight is 507 g/mol. The van der Waals surface area contributed by atoms with Crippen LogP contribution >= 0.6 is 0 Å². The molecule has 1 spiro atoms. The van der Waals surface area contributed by atoms with E-state index in [1.54, 1.807) is 26.8 Å². The van der Waals surface area contributed by atoms with Gasteiger partial charge in [-0.05, 0) is 37.8 Å². The molecule has 36 heavy (non-hydrogen) atoms. The zero-order valence-corrected chi connectivity index (χ0v) is 21.0. The average Bonchev–Trinajstić information content (AvgIpc) is 3.40. The lowest BCUT2D eigenvalue weighted by Crippen LogP contribution is -2.74. The van der Waals surface area contributed by atoms with Gasteiger partial charge in [0.25, 0.3) is 0 Å². The predicted octanol–water partition coefficient (Wildman–Crippen LogP) is -0.475. The Balaban J connectivity index is 1.68. The van der Waals surface area contributed by atoms with E-state index in [0.717, 1.165) is 0 Å². The normalized spacial score (nSPS) is 56.6. The highest BCUT2D eigenvalue weighted by molar-refractivity contribution is 5.88. The van der Waals surface area contributed by atoms with Gasteiger partial charge in [-0.3, -0.25) is 4.79 Å². The second-order valence-corrected chi connectivity index (χ2v) is 12.3. The third kappa shape index (κ3) is 1.82. The topological polar surface area (TPSA) is 182 Å². The first kappa shape index (κ1) is 24.3. The van der Waals surface area contributed by atoms with Gasteiger partial charge in [0.05, 0.1) is 5.41 Å². The summed E-state index contributed by atoms with van der Waals surface area (Å²) in [4.78, 5) is 29.0. The van der Waals surface area contributed by atoms with Crippen LogP contribution in [0.2, 0.25) is 0 Å². The number of esters is 1. The van der Waals surface area contributed by atoms with E-state index in [9.17, 15) is 35.1 Å². The summed E-state index contributed by atoms with van der Waals surface area (Å²) in [6.45, 7) is 7.74. The highest BCUT2D eigenvalue weighted by Gasteiger charge is 3.09. The molecule has 4 heterocycles. The summed E-state index contributed by atoms with van der Waals surface area (Å²) >= 11 is 0. The minimum absolute atomic E-state index is 0.0501. The Labute approximate surface area is 207 Å². The van der Waals surface area contributed by atoms with E-state index in [2.05, 4.69) is 10.3 Å². The van der Waals surface area contributed by atoms with Crippen LogP contribution in [0.3, 0.4) is 0 Å². The van der Waals surface area contributed by atoms with Crippen LogP contribution in [0, 0.1) is 22.7 Å². The first-order valence-electron chi connectivity index (χ1n) is 12.5. The molecule has 1 amide bonds. The van der Waals surface area contributed by atoms with Crippen LogP contribution < -0.4 is 5.32 Å². The fourth-order valence-electron chi connectivity index (χ4n) is 9.04. The molecule has 0 radical (unpaired) electrons. The quantitative estimate of drug-likeness (QED) is 0.267. The molecule has 3 saturated heterocycles. The van der Waals surface area contributed by atoms with Gasteiger partial charge < -0.3 is 45.3 Å². The largest absolute Gasteiger partial charge is 0.451 e. The Morgan fingerprint density at radius 1 is 1.19 bits per heavy atom. The minimum atomic E-state index is -2.66. The number of aromatic amines is 1. The van der Waals surface area contributed by atoms with Crippen LogP contribution in [0.5, 0.6) is 0 Å². The maximum atomic E-state index is 13.2. The molecule has 0 aromatic carbocycles. The third-order valence-electron chi connectivity index (χ3n) is 11.0. The molecular weight excluding hydrogens is 472 g/mol. The Bertz CT molecular complexity index is 1190. The molecule has 1 aromatic rings. The standard InChI is InChI=1S/C25H34N2O9/c1-12(2)22(32)17(35-16(29)14-7-6-10-26-14)23(33)18(4)11-21(31)19(22,5)24(23,34)25(36-21)20(18,30)9-8-13(3)15(28)27-25/h6-7,10,12-13,17,26,30-34H,8-9,11H2,1-5H3,(H,27,28)/t13-,17+,18-,19+,20-,21-,22+,23-,24+,25+/m0/s1. The van der Waals surface area contributed by atoms with Crippen molar-refractivity contribution in [1.29, 1.82) is 0 Å². The van der Waals surface area contributed by atoms with E-state index in [0.29, 0.717) is 0 Å². The predicted molar refractivity (Wildman–Crippen MR) is 121 cm³/mol. The van der Waals surface area contributed by atoms with Crippen molar-refractivity contribution < 1.29 is 44.6 Å². The van der Waals surface area contributed by atoms with Gasteiger partial charge in [-0.2, -0.15) is 0 Å². The number of carbonyl (C=O) groups is 2. The van der Waals surface area contributed by atoms with Gasteiger partial charge in [-0.25, -0.2) is 4.79 Å². The fraction of sp³-hybridized carbons (Fsp3) is 0.760. The zero-order chi connectivity index (χ0) is 26.5. The van der Waals surface area contributed by atoms with Crippen molar-refractivity contribution in [2.24, 2.45) is 22.7 Å². The summed E-state index contributed by atoms with van der Waals surface area (Å²) in [5.41, 5.74) is -15.8.